The molecule has 0 N–H and O–H groups in total. The van der Waals surface area contributed by atoms with Gasteiger partial charge in [-0.3, -0.25) is 0 Å². The molecule has 2 heteroatoms. The molecule has 75 valence electrons. The van der Waals surface area contributed by atoms with E-state index in [4.69, 9.17) is 4.74 Å². The Labute approximate surface area is 93.3 Å². The van der Waals surface area contributed by atoms with Crippen LogP contribution in [0.3, 0.4) is 0 Å². The van der Waals surface area contributed by atoms with Gasteiger partial charge in [-0.25, -0.2) is 0 Å². The van der Waals surface area contributed by atoms with Crippen molar-refractivity contribution in [2.45, 2.75) is 6.42 Å². The van der Waals surface area contributed by atoms with Crippen molar-refractivity contribution in [1.82, 2.24) is 0 Å². The second kappa shape index (κ2) is 6.47. The van der Waals surface area contributed by atoms with Gasteiger partial charge in [-0.1, -0.05) is 18.2 Å². The first kappa shape index (κ1) is 11.1. The van der Waals surface area contributed by atoms with Crippen LogP contribution in [0.15, 0.2) is 53.0 Å². The summed E-state index contributed by atoms with van der Waals surface area (Å²) in [4.78, 5) is 0. The van der Waals surface area contributed by atoms with E-state index in [9.17, 15) is 0 Å². The van der Waals surface area contributed by atoms with Gasteiger partial charge < -0.3 is 4.74 Å². The van der Waals surface area contributed by atoms with Crippen LogP contribution in [0.4, 0.5) is 0 Å². The van der Waals surface area contributed by atoms with Gasteiger partial charge in [0.05, 0.1) is 7.11 Å². The molecular formula is C12H13FeO. The number of hydrogen-bond acceptors (Lipinski definition) is 1. The predicted octanol–water partition coefficient (Wildman–Crippen LogP) is 3.07. The Morgan fingerprint density at radius 1 is 1.21 bits per heavy atom. The van der Waals surface area contributed by atoms with Crippen molar-refractivity contribution in [1.29, 1.82) is 0 Å². The van der Waals surface area contributed by atoms with Gasteiger partial charge in [-0.05, 0) is 12.1 Å². The average molecular weight is 229 g/mol. The summed E-state index contributed by atoms with van der Waals surface area (Å²) in [6.45, 7) is 0. The minimum absolute atomic E-state index is 0.910. The van der Waals surface area contributed by atoms with E-state index >= 15 is 0 Å². The summed E-state index contributed by atoms with van der Waals surface area (Å²) in [6, 6.07) is 9.68. The molecule has 2 rings (SSSR count). The number of hydrogen-bond donors (Lipinski definition) is 0. The van der Waals surface area contributed by atoms with E-state index in [1.54, 1.807) is 7.11 Å². The van der Waals surface area contributed by atoms with E-state index in [1.807, 2.05) is 42.5 Å². The fraction of sp³-hybridized carbons (Fsp3) is 0.167. The topological polar surface area (TPSA) is 9.23 Å². The third kappa shape index (κ3) is 4.31. The number of methoxy groups -OCH3 is 1. The van der Waals surface area contributed by atoms with E-state index in [2.05, 4.69) is 22.1 Å². The second-order valence-corrected chi connectivity index (χ2v) is 3.46. The Morgan fingerprint density at radius 2 is 1.93 bits per heavy atom. The maximum atomic E-state index is 4.91. The van der Waals surface area contributed by atoms with E-state index in [0.29, 0.717) is 0 Å². The molecule has 0 saturated heterocycles. The number of allylic oxidation sites excluding steroid dienone is 4. The van der Waals surface area contributed by atoms with Gasteiger partial charge in [0.2, 0.25) is 0 Å². The van der Waals surface area contributed by atoms with E-state index in [1.165, 1.54) is 4.47 Å². The summed E-state index contributed by atoms with van der Waals surface area (Å²) in [5.41, 5.74) is 0. The number of rotatable bonds is 1. The molecule has 0 bridgehead atoms. The van der Waals surface area contributed by atoms with Crippen molar-refractivity contribution >= 4 is 0 Å². The molecule has 0 spiro atoms. The maximum absolute atomic E-state index is 4.91. The first-order valence-electron chi connectivity index (χ1n) is 4.42. The molecule has 0 fully saturated rings. The summed E-state index contributed by atoms with van der Waals surface area (Å²) in [5, 5.41) is 0. The molecule has 0 unspecified atom stereocenters. The third-order valence-electron chi connectivity index (χ3n) is 1.70. The quantitative estimate of drug-likeness (QED) is 0.672. The second-order valence-electron chi connectivity index (χ2n) is 2.75. The van der Waals surface area contributed by atoms with Crippen molar-refractivity contribution in [2.75, 3.05) is 7.11 Å². The molecule has 0 saturated carbocycles. The molecule has 0 heterocycles. The molecule has 14 heavy (non-hydrogen) atoms. The van der Waals surface area contributed by atoms with Gasteiger partial charge in [0.1, 0.15) is 5.75 Å². The van der Waals surface area contributed by atoms with Gasteiger partial charge in [0, 0.05) is 0 Å². The average Bonchev–Trinajstić information content (AvgIpc) is 2.71. The van der Waals surface area contributed by atoms with Crippen LogP contribution in [-0.2, 0) is 16.0 Å². The zero-order valence-electron chi connectivity index (χ0n) is 8.09. The summed E-state index contributed by atoms with van der Waals surface area (Å²) in [6.07, 6.45) is 7.21. The van der Waals surface area contributed by atoms with Crippen molar-refractivity contribution in [3.05, 3.63) is 53.0 Å². The molecule has 0 aromatic heterocycles. The first-order chi connectivity index (χ1) is 6.83. The van der Waals surface area contributed by atoms with Crippen LogP contribution in [0.25, 0.3) is 0 Å². The Morgan fingerprint density at radius 3 is 2.21 bits per heavy atom. The van der Waals surface area contributed by atoms with Gasteiger partial charge >= 0.3 is 45.1 Å². The van der Waals surface area contributed by atoms with Crippen molar-refractivity contribution < 1.29 is 20.7 Å². The van der Waals surface area contributed by atoms with Gasteiger partial charge in [0.25, 0.3) is 0 Å². The van der Waals surface area contributed by atoms with Crippen LogP contribution in [0.1, 0.15) is 6.42 Å². The molecule has 1 aliphatic rings. The third-order valence-corrected chi connectivity index (χ3v) is 2.11. The molecule has 1 aliphatic carbocycles. The Bertz CT molecular complexity index is 314. The number of ether oxygens (including phenoxy) is 1. The zero-order chi connectivity index (χ0) is 10.2. The fourth-order valence-electron chi connectivity index (χ4n) is 0.972. The van der Waals surface area contributed by atoms with Crippen molar-refractivity contribution in [3.63, 3.8) is 0 Å². The van der Waals surface area contributed by atoms with Gasteiger partial charge in [-0.15, -0.1) is 0 Å². The summed E-state index contributed by atoms with van der Waals surface area (Å²) < 4.78 is 6.13. The van der Waals surface area contributed by atoms with Crippen LogP contribution < -0.4 is 4.74 Å². The summed E-state index contributed by atoms with van der Waals surface area (Å²) >= 11 is 3.74. The van der Waals surface area contributed by atoms with Crippen LogP contribution in [0.5, 0.6) is 5.75 Å². The van der Waals surface area contributed by atoms with Crippen LogP contribution in [0, 0.1) is 0 Å². The van der Waals surface area contributed by atoms with E-state index < -0.39 is 0 Å². The van der Waals surface area contributed by atoms with Crippen LogP contribution in [0.2, 0.25) is 0 Å². The fourth-order valence-corrected chi connectivity index (χ4v) is 1.21. The van der Waals surface area contributed by atoms with Gasteiger partial charge in [0.15, 0.2) is 0 Å². The molecule has 1 aromatic carbocycles. The monoisotopic (exact) mass is 229 g/mol. The molecule has 1 aromatic rings. The Kier molecular flexibility index (Phi) is 5.13. The first-order valence-corrected chi connectivity index (χ1v) is 4.97. The van der Waals surface area contributed by atoms with E-state index in [-0.39, 0.29) is 0 Å². The SMILES string of the molecule is COc1ccccc1.[Fe][C]1=CC=CC1. The molecule has 0 atom stereocenters. The standard InChI is InChI=1S/C7H8O.C5H5.Fe/c1-8-7-5-3-2-4-6-7;1-2-4-5-3-1;/h2-6H,1H3;1-3H,4H2;. The zero-order valence-corrected chi connectivity index (χ0v) is 9.19. The Hall–Kier alpha value is -0.981. The molecular weight excluding hydrogens is 216 g/mol. The molecule has 0 aliphatic heterocycles. The Balaban J connectivity index is 0.000000146. The van der Waals surface area contributed by atoms with Gasteiger partial charge in [-0.2, -0.15) is 0 Å². The van der Waals surface area contributed by atoms with Crippen molar-refractivity contribution in [2.24, 2.45) is 0 Å². The molecule has 0 radical (unpaired) electrons. The van der Waals surface area contributed by atoms with E-state index in [0.717, 1.165) is 12.2 Å². The molecule has 1 nitrogen and oxygen atoms in total. The number of benzene rings is 1. The van der Waals surface area contributed by atoms with Crippen molar-refractivity contribution in [3.8, 4) is 5.75 Å². The predicted molar refractivity (Wildman–Crippen MR) is 54.8 cm³/mol. The normalized spacial score (nSPS) is 12.9. The molecule has 0 amide bonds. The summed E-state index contributed by atoms with van der Waals surface area (Å²) in [5.74, 6) is 0.910. The minimum atomic E-state index is 0.910. The van der Waals surface area contributed by atoms with Crippen LogP contribution in [-0.4, -0.2) is 7.11 Å². The number of para-hydroxylation sites is 1. The summed E-state index contributed by atoms with van der Waals surface area (Å²) in [7, 11) is 1.66. The van der Waals surface area contributed by atoms with Crippen LogP contribution >= 0.6 is 0 Å².